The van der Waals surface area contributed by atoms with Gasteiger partial charge in [0.25, 0.3) is 0 Å². The average molecular weight is 261 g/mol. The van der Waals surface area contributed by atoms with Gasteiger partial charge in [-0.1, -0.05) is 64.0 Å². The summed E-state index contributed by atoms with van der Waals surface area (Å²) >= 11 is 0. The van der Waals surface area contributed by atoms with Crippen LogP contribution in [0.5, 0.6) is 0 Å². The highest BCUT2D eigenvalue weighted by Gasteiger charge is 2.07. The van der Waals surface area contributed by atoms with Gasteiger partial charge >= 0.3 is 0 Å². The van der Waals surface area contributed by atoms with E-state index < -0.39 is 0 Å². The predicted molar refractivity (Wildman–Crippen MR) is 82.4 cm³/mol. The Morgan fingerprint density at radius 2 is 1.53 bits per heavy atom. The van der Waals surface area contributed by atoms with Crippen molar-refractivity contribution in [3.63, 3.8) is 0 Å². The first-order chi connectivity index (χ1) is 9.25. The number of para-hydroxylation sites is 1. The molecule has 106 valence electrons. The van der Waals surface area contributed by atoms with Crippen LogP contribution in [0.15, 0.2) is 24.3 Å². The van der Waals surface area contributed by atoms with Crippen LogP contribution in [0.4, 0.5) is 5.69 Å². The summed E-state index contributed by atoms with van der Waals surface area (Å²) in [7, 11) is 0. The van der Waals surface area contributed by atoms with Crippen LogP contribution in [0.2, 0.25) is 0 Å². The molecule has 0 spiro atoms. The van der Waals surface area contributed by atoms with Crippen molar-refractivity contribution < 1.29 is 4.79 Å². The van der Waals surface area contributed by atoms with Gasteiger partial charge in [-0.25, -0.2) is 0 Å². The second kappa shape index (κ2) is 9.60. The molecule has 0 aliphatic rings. The monoisotopic (exact) mass is 261 g/mol. The Morgan fingerprint density at radius 3 is 2.16 bits per heavy atom. The second-order valence-corrected chi connectivity index (χ2v) is 5.24. The molecule has 2 N–H and O–H groups in total. The van der Waals surface area contributed by atoms with Gasteiger partial charge in [0.2, 0.25) is 0 Å². The molecule has 0 aromatic heterocycles. The van der Waals surface area contributed by atoms with E-state index in [1.807, 2.05) is 18.2 Å². The summed E-state index contributed by atoms with van der Waals surface area (Å²) in [4.78, 5) is 12.0. The molecule has 0 aliphatic heterocycles. The Kier molecular flexibility index (Phi) is 7.95. The second-order valence-electron chi connectivity index (χ2n) is 5.24. The van der Waals surface area contributed by atoms with Crippen molar-refractivity contribution in [1.82, 2.24) is 0 Å². The van der Waals surface area contributed by atoms with Gasteiger partial charge in [0, 0.05) is 17.7 Å². The molecule has 0 unspecified atom stereocenters. The molecule has 1 rings (SSSR count). The number of nitrogen functional groups attached to an aromatic ring is 1. The zero-order chi connectivity index (χ0) is 13.9. The van der Waals surface area contributed by atoms with Crippen molar-refractivity contribution in [2.24, 2.45) is 0 Å². The van der Waals surface area contributed by atoms with Crippen LogP contribution in [-0.2, 0) is 0 Å². The Balaban J connectivity index is 2.10. The lowest BCUT2D eigenvalue weighted by atomic mass is 10.0. The van der Waals surface area contributed by atoms with Gasteiger partial charge in [-0.2, -0.15) is 0 Å². The highest BCUT2D eigenvalue weighted by molar-refractivity contribution is 6.00. The number of ketones is 1. The number of benzene rings is 1. The van der Waals surface area contributed by atoms with Crippen molar-refractivity contribution in [3.8, 4) is 0 Å². The lowest BCUT2D eigenvalue weighted by molar-refractivity contribution is 0.0980. The summed E-state index contributed by atoms with van der Waals surface area (Å²) in [5.41, 5.74) is 7.09. The summed E-state index contributed by atoms with van der Waals surface area (Å²) in [5.74, 6) is 0.184. The first kappa shape index (κ1) is 15.7. The lowest BCUT2D eigenvalue weighted by Crippen LogP contribution is -2.03. The largest absolute Gasteiger partial charge is 0.398 e. The number of unbranched alkanes of at least 4 members (excludes halogenated alkanes) is 7. The smallest absolute Gasteiger partial charge is 0.164 e. The van der Waals surface area contributed by atoms with Gasteiger partial charge in [0.1, 0.15) is 0 Å². The third-order valence-corrected chi connectivity index (χ3v) is 3.52. The quantitative estimate of drug-likeness (QED) is 0.366. The zero-order valence-corrected chi connectivity index (χ0v) is 12.2. The van der Waals surface area contributed by atoms with Crippen LogP contribution < -0.4 is 5.73 Å². The number of nitrogens with two attached hydrogens (primary N) is 1. The fourth-order valence-corrected chi connectivity index (χ4v) is 2.31. The Labute approximate surface area is 117 Å². The highest BCUT2D eigenvalue weighted by Crippen LogP contribution is 2.16. The topological polar surface area (TPSA) is 43.1 Å². The number of anilines is 1. The van der Waals surface area contributed by atoms with E-state index in [2.05, 4.69) is 6.92 Å². The molecule has 0 radical (unpaired) electrons. The van der Waals surface area contributed by atoms with E-state index in [0.717, 1.165) is 12.8 Å². The summed E-state index contributed by atoms with van der Waals surface area (Å²) < 4.78 is 0. The van der Waals surface area contributed by atoms with Crippen molar-refractivity contribution in [3.05, 3.63) is 29.8 Å². The van der Waals surface area contributed by atoms with Gasteiger partial charge in [-0.15, -0.1) is 0 Å². The third-order valence-electron chi connectivity index (χ3n) is 3.52. The van der Waals surface area contributed by atoms with E-state index in [1.165, 1.54) is 38.5 Å². The van der Waals surface area contributed by atoms with Crippen molar-refractivity contribution in [1.29, 1.82) is 0 Å². The van der Waals surface area contributed by atoms with E-state index in [-0.39, 0.29) is 5.78 Å². The standard InChI is InChI=1S/C17H27NO/c1-2-3-4-5-6-7-8-9-14-17(19)15-12-10-11-13-16(15)18/h10-13H,2-9,14,18H2,1H3. The van der Waals surface area contributed by atoms with E-state index in [4.69, 9.17) is 5.73 Å². The third kappa shape index (κ3) is 6.42. The maximum absolute atomic E-state index is 12.0. The van der Waals surface area contributed by atoms with Crippen LogP contribution in [-0.4, -0.2) is 5.78 Å². The van der Waals surface area contributed by atoms with Crippen LogP contribution >= 0.6 is 0 Å². The van der Waals surface area contributed by atoms with Gasteiger partial charge in [0.15, 0.2) is 5.78 Å². The molecule has 0 aliphatic carbocycles. The van der Waals surface area contributed by atoms with Crippen LogP contribution in [0, 0.1) is 0 Å². The van der Waals surface area contributed by atoms with Crippen molar-refractivity contribution in [2.75, 3.05) is 5.73 Å². The molecular weight excluding hydrogens is 234 g/mol. The fourth-order valence-electron chi connectivity index (χ4n) is 2.31. The normalized spacial score (nSPS) is 10.6. The SMILES string of the molecule is CCCCCCCCCCC(=O)c1ccccc1N. The Bertz CT molecular complexity index is 373. The van der Waals surface area contributed by atoms with E-state index in [9.17, 15) is 4.79 Å². The summed E-state index contributed by atoms with van der Waals surface area (Å²) in [6.07, 6.45) is 10.7. The van der Waals surface area contributed by atoms with Gasteiger partial charge in [0.05, 0.1) is 0 Å². The van der Waals surface area contributed by atoms with Crippen molar-refractivity contribution in [2.45, 2.75) is 64.7 Å². The Morgan fingerprint density at radius 1 is 0.947 bits per heavy atom. The molecule has 0 bridgehead atoms. The van der Waals surface area contributed by atoms with Gasteiger partial charge in [-0.3, -0.25) is 4.79 Å². The molecule has 0 fully saturated rings. The first-order valence-electron chi connectivity index (χ1n) is 7.63. The molecule has 0 amide bonds. The van der Waals surface area contributed by atoms with Gasteiger partial charge < -0.3 is 5.73 Å². The van der Waals surface area contributed by atoms with E-state index >= 15 is 0 Å². The van der Waals surface area contributed by atoms with Crippen LogP contribution in [0.3, 0.4) is 0 Å². The minimum Gasteiger partial charge on any atom is -0.398 e. The minimum atomic E-state index is 0.184. The fraction of sp³-hybridized carbons (Fsp3) is 0.588. The molecule has 0 heterocycles. The van der Waals surface area contributed by atoms with Crippen molar-refractivity contribution >= 4 is 11.5 Å². The summed E-state index contributed by atoms with van der Waals surface area (Å²) in [5, 5.41) is 0. The molecule has 1 aromatic rings. The maximum Gasteiger partial charge on any atom is 0.164 e. The maximum atomic E-state index is 12.0. The average Bonchev–Trinajstić information content (AvgIpc) is 2.42. The zero-order valence-electron chi connectivity index (χ0n) is 12.2. The highest BCUT2D eigenvalue weighted by atomic mass is 16.1. The Hall–Kier alpha value is -1.31. The number of carbonyl (C=O) groups is 1. The number of Topliss-reactive ketones (excluding diaryl/α,β-unsaturated/α-hetero) is 1. The minimum absolute atomic E-state index is 0.184. The van der Waals surface area contributed by atoms with E-state index in [0.29, 0.717) is 17.7 Å². The molecule has 1 aromatic carbocycles. The number of hydrogen-bond acceptors (Lipinski definition) is 2. The molecule has 2 heteroatoms. The molecule has 2 nitrogen and oxygen atoms in total. The summed E-state index contributed by atoms with van der Waals surface area (Å²) in [6.45, 7) is 2.24. The van der Waals surface area contributed by atoms with Crippen LogP contribution in [0.1, 0.15) is 75.1 Å². The first-order valence-corrected chi connectivity index (χ1v) is 7.63. The molecular formula is C17H27NO. The molecule has 19 heavy (non-hydrogen) atoms. The lowest BCUT2D eigenvalue weighted by Gasteiger charge is -2.04. The van der Waals surface area contributed by atoms with Gasteiger partial charge in [-0.05, 0) is 18.6 Å². The van der Waals surface area contributed by atoms with E-state index in [1.54, 1.807) is 6.07 Å². The van der Waals surface area contributed by atoms with Crippen LogP contribution in [0.25, 0.3) is 0 Å². The summed E-state index contributed by atoms with van der Waals surface area (Å²) in [6, 6.07) is 7.35. The molecule has 0 atom stereocenters. The number of hydrogen-bond donors (Lipinski definition) is 1. The predicted octanol–water partition coefficient (Wildman–Crippen LogP) is 4.98. The number of rotatable bonds is 10. The molecule has 0 saturated heterocycles. The number of carbonyl (C=O) groups excluding carboxylic acids is 1. The molecule has 0 saturated carbocycles.